The minimum absolute atomic E-state index is 0.0553. The number of anilines is 1. The number of pyridine rings is 1. The van der Waals surface area contributed by atoms with Gasteiger partial charge in [0.15, 0.2) is 0 Å². The van der Waals surface area contributed by atoms with Crippen molar-refractivity contribution >= 4 is 23.4 Å². The molecule has 2 N–H and O–H groups in total. The number of rotatable bonds is 8. The Hall–Kier alpha value is -1.23. The van der Waals surface area contributed by atoms with E-state index in [2.05, 4.69) is 29.5 Å². The quantitative estimate of drug-likeness (QED) is 0.774. The minimum atomic E-state index is -0.0553. The number of nitrogens with zero attached hydrogens (tertiary/aromatic N) is 1. The Balaban J connectivity index is 2.75. The van der Waals surface area contributed by atoms with Gasteiger partial charge in [0.2, 0.25) is 0 Å². The Morgan fingerprint density at radius 1 is 1.45 bits per heavy atom. The first-order valence-electron chi connectivity index (χ1n) is 7.17. The molecule has 1 heterocycles. The van der Waals surface area contributed by atoms with Crippen LogP contribution < -0.4 is 10.6 Å². The molecule has 1 aromatic rings. The summed E-state index contributed by atoms with van der Waals surface area (Å²) in [5.74, 6) is 1.94. The average Bonchev–Trinajstić information content (AvgIpc) is 2.42. The van der Waals surface area contributed by atoms with E-state index >= 15 is 0 Å². The van der Waals surface area contributed by atoms with Crippen molar-refractivity contribution in [3.63, 3.8) is 0 Å². The first-order chi connectivity index (χ1) is 9.58. The topological polar surface area (TPSA) is 54.0 Å². The molecule has 0 fully saturated rings. The maximum absolute atomic E-state index is 12.3. The van der Waals surface area contributed by atoms with Gasteiger partial charge in [-0.1, -0.05) is 13.8 Å². The highest BCUT2D eigenvalue weighted by molar-refractivity contribution is 7.99. The van der Waals surface area contributed by atoms with Crippen molar-refractivity contribution in [1.82, 2.24) is 10.3 Å². The van der Waals surface area contributed by atoms with E-state index in [1.807, 2.05) is 31.7 Å². The second-order valence-corrected chi connectivity index (χ2v) is 6.15. The molecular weight excluding hydrogens is 270 g/mol. The molecule has 0 aliphatic carbocycles. The van der Waals surface area contributed by atoms with Crippen LogP contribution in [0.2, 0.25) is 0 Å². The van der Waals surface area contributed by atoms with Crippen LogP contribution in [0.25, 0.3) is 0 Å². The third kappa shape index (κ3) is 5.41. The Kier molecular flexibility index (Phi) is 7.44. The molecule has 1 rings (SSSR count). The molecule has 20 heavy (non-hydrogen) atoms. The van der Waals surface area contributed by atoms with Gasteiger partial charge >= 0.3 is 0 Å². The molecule has 5 heteroatoms. The van der Waals surface area contributed by atoms with Crippen LogP contribution >= 0.6 is 11.8 Å². The number of nitrogens with one attached hydrogen (secondary N) is 2. The number of thioether (sulfide) groups is 1. The maximum atomic E-state index is 12.3. The van der Waals surface area contributed by atoms with Crippen molar-refractivity contribution in [2.75, 3.05) is 23.4 Å². The number of carbonyl (C=O) groups excluding carboxylic acids is 1. The van der Waals surface area contributed by atoms with Crippen LogP contribution in [-0.2, 0) is 0 Å². The van der Waals surface area contributed by atoms with E-state index in [4.69, 9.17) is 0 Å². The highest BCUT2D eigenvalue weighted by Gasteiger charge is 2.14. The van der Waals surface area contributed by atoms with E-state index in [9.17, 15) is 4.79 Å². The predicted octanol–water partition coefficient (Wildman–Crippen LogP) is 3.08. The monoisotopic (exact) mass is 295 g/mol. The molecule has 0 bridgehead atoms. The fraction of sp³-hybridized carbons (Fsp3) is 0.600. The van der Waals surface area contributed by atoms with E-state index in [1.165, 1.54) is 0 Å². The third-order valence-electron chi connectivity index (χ3n) is 2.80. The normalized spacial score (nSPS) is 12.0. The van der Waals surface area contributed by atoms with Crippen LogP contribution in [0.15, 0.2) is 12.3 Å². The van der Waals surface area contributed by atoms with Crippen LogP contribution in [0.5, 0.6) is 0 Å². The lowest BCUT2D eigenvalue weighted by Crippen LogP contribution is -2.34. The molecule has 0 aliphatic heterocycles. The smallest absolute Gasteiger partial charge is 0.255 e. The van der Waals surface area contributed by atoms with Gasteiger partial charge in [-0.2, -0.15) is 11.8 Å². The summed E-state index contributed by atoms with van der Waals surface area (Å²) in [5, 5.41) is 6.32. The van der Waals surface area contributed by atoms with E-state index in [0.717, 1.165) is 35.9 Å². The summed E-state index contributed by atoms with van der Waals surface area (Å²) in [6, 6.07) is 2.09. The standard InChI is InChI=1S/C15H25N3OS/c1-5-7-16-14-8-11(3)17-9-13(14)15(19)18-12(4)10-20-6-2/h8-9,12H,5-7,10H2,1-4H3,(H,16,17)(H,18,19). The van der Waals surface area contributed by atoms with Crippen molar-refractivity contribution in [2.45, 2.75) is 40.2 Å². The highest BCUT2D eigenvalue weighted by atomic mass is 32.2. The number of hydrogen-bond donors (Lipinski definition) is 2. The van der Waals surface area contributed by atoms with Crippen molar-refractivity contribution < 1.29 is 4.79 Å². The van der Waals surface area contributed by atoms with Crippen molar-refractivity contribution in [2.24, 2.45) is 0 Å². The number of aryl methyl sites for hydroxylation is 1. The molecule has 0 aliphatic rings. The summed E-state index contributed by atoms with van der Waals surface area (Å²) in [6.45, 7) is 9.03. The lowest BCUT2D eigenvalue weighted by atomic mass is 10.2. The van der Waals surface area contributed by atoms with Crippen molar-refractivity contribution in [1.29, 1.82) is 0 Å². The van der Waals surface area contributed by atoms with Crippen LogP contribution in [0.1, 0.15) is 43.2 Å². The fourth-order valence-electron chi connectivity index (χ4n) is 1.78. The molecule has 4 nitrogen and oxygen atoms in total. The van der Waals surface area contributed by atoms with Gasteiger partial charge < -0.3 is 10.6 Å². The van der Waals surface area contributed by atoms with Crippen LogP contribution in [0.4, 0.5) is 5.69 Å². The third-order valence-corrected chi connectivity index (χ3v) is 3.94. The maximum Gasteiger partial charge on any atom is 0.255 e. The second kappa shape index (κ2) is 8.84. The van der Waals surface area contributed by atoms with Gasteiger partial charge in [0, 0.05) is 30.2 Å². The summed E-state index contributed by atoms with van der Waals surface area (Å²) in [5.41, 5.74) is 2.40. The molecule has 0 spiro atoms. The Morgan fingerprint density at radius 3 is 2.85 bits per heavy atom. The average molecular weight is 295 g/mol. The van der Waals surface area contributed by atoms with Gasteiger partial charge in [0.05, 0.1) is 11.3 Å². The first kappa shape index (κ1) is 16.8. The van der Waals surface area contributed by atoms with Gasteiger partial charge in [-0.15, -0.1) is 0 Å². The largest absolute Gasteiger partial charge is 0.384 e. The summed E-state index contributed by atoms with van der Waals surface area (Å²) in [4.78, 5) is 16.5. The zero-order valence-electron chi connectivity index (χ0n) is 12.8. The Labute approximate surface area is 126 Å². The van der Waals surface area contributed by atoms with E-state index in [1.54, 1.807) is 6.20 Å². The minimum Gasteiger partial charge on any atom is -0.384 e. The summed E-state index contributed by atoms with van der Waals surface area (Å²) < 4.78 is 0. The Morgan fingerprint density at radius 2 is 2.20 bits per heavy atom. The van der Waals surface area contributed by atoms with E-state index in [0.29, 0.717) is 5.56 Å². The Bertz CT molecular complexity index is 437. The number of aromatic nitrogens is 1. The van der Waals surface area contributed by atoms with Crippen LogP contribution in [0, 0.1) is 6.92 Å². The summed E-state index contributed by atoms with van der Waals surface area (Å²) in [6.07, 6.45) is 2.67. The molecule has 1 atom stereocenters. The van der Waals surface area contributed by atoms with E-state index < -0.39 is 0 Å². The molecule has 1 unspecified atom stereocenters. The predicted molar refractivity (Wildman–Crippen MR) is 87.7 cm³/mol. The molecular formula is C15H25N3OS. The highest BCUT2D eigenvalue weighted by Crippen LogP contribution is 2.16. The van der Waals surface area contributed by atoms with Crippen LogP contribution in [-0.4, -0.2) is 35.0 Å². The SMILES string of the molecule is CCCNc1cc(C)ncc1C(=O)NC(C)CSCC. The van der Waals surface area contributed by atoms with Crippen molar-refractivity contribution in [3.05, 3.63) is 23.5 Å². The summed E-state index contributed by atoms with van der Waals surface area (Å²) in [7, 11) is 0. The molecule has 112 valence electrons. The lowest BCUT2D eigenvalue weighted by Gasteiger charge is -2.16. The second-order valence-electron chi connectivity index (χ2n) is 4.83. The number of hydrogen-bond acceptors (Lipinski definition) is 4. The first-order valence-corrected chi connectivity index (χ1v) is 8.33. The van der Waals surface area contributed by atoms with Gasteiger partial charge in [-0.3, -0.25) is 9.78 Å². The van der Waals surface area contributed by atoms with Gasteiger partial charge in [-0.25, -0.2) is 0 Å². The van der Waals surface area contributed by atoms with E-state index in [-0.39, 0.29) is 11.9 Å². The molecule has 1 amide bonds. The number of amides is 1. The zero-order chi connectivity index (χ0) is 15.0. The zero-order valence-corrected chi connectivity index (χ0v) is 13.6. The lowest BCUT2D eigenvalue weighted by molar-refractivity contribution is 0.0944. The van der Waals surface area contributed by atoms with Gasteiger partial charge in [-0.05, 0) is 32.1 Å². The van der Waals surface area contributed by atoms with Crippen molar-refractivity contribution in [3.8, 4) is 0 Å². The molecule has 0 saturated heterocycles. The molecule has 0 saturated carbocycles. The molecule has 1 aromatic heterocycles. The van der Waals surface area contributed by atoms with Gasteiger partial charge in [0.1, 0.15) is 0 Å². The van der Waals surface area contributed by atoms with Crippen LogP contribution in [0.3, 0.4) is 0 Å². The fourth-order valence-corrected chi connectivity index (χ4v) is 2.46. The molecule has 0 aromatic carbocycles. The summed E-state index contributed by atoms with van der Waals surface area (Å²) >= 11 is 1.83. The van der Waals surface area contributed by atoms with Gasteiger partial charge in [0.25, 0.3) is 5.91 Å². The molecule has 0 radical (unpaired) electrons. The number of carbonyl (C=O) groups is 1.